The number of ether oxygens (including phenoxy) is 3. The Hall–Kier alpha value is -2.94. The summed E-state index contributed by atoms with van der Waals surface area (Å²) in [6.45, 7) is 3.54. The van der Waals surface area contributed by atoms with E-state index in [0.717, 1.165) is 16.3 Å². The lowest BCUT2D eigenvalue weighted by atomic mass is 10.2. The highest BCUT2D eigenvalue weighted by molar-refractivity contribution is 7.92. The molecule has 0 saturated carbocycles. The van der Waals surface area contributed by atoms with E-state index in [-0.39, 0.29) is 12.6 Å². The molecule has 2 aromatic rings. The molecule has 0 bridgehead atoms. The molecule has 2 aromatic carbocycles. The van der Waals surface area contributed by atoms with Crippen molar-refractivity contribution < 1.29 is 27.4 Å². The van der Waals surface area contributed by atoms with Crippen LogP contribution in [0.3, 0.4) is 0 Å². The fourth-order valence-electron chi connectivity index (χ4n) is 2.85. The van der Waals surface area contributed by atoms with E-state index in [4.69, 9.17) is 14.2 Å². The van der Waals surface area contributed by atoms with Crippen molar-refractivity contribution in [1.29, 1.82) is 0 Å². The minimum absolute atomic E-state index is 0.225. The molecule has 164 valence electrons. The van der Waals surface area contributed by atoms with Crippen LogP contribution in [0.1, 0.15) is 13.8 Å². The van der Waals surface area contributed by atoms with Crippen LogP contribution >= 0.6 is 0 Å². The Labute approximate surface area is 177 Å². The summed E-state index contributed by atoms with van der Waals surface area (Å²) in [6.07, 6.45) is 1.06. The minimum Gasteiger partial charge on any atom is -0.497 e. The summed E-state index contributed by atoms with van der Waals surface area (Å²) in [5.74, 6) is 1.42. The van der Waals surface area contributed by atoms with Gasteiger partial charge in [0.05, 0.1) is 32.2 Å². The van der Waals surface area contributed by atoms with Gasteiger partial charge in [0.1, 0.15) is 29.9 Å². The van der Waals surface area contributed by atoms with Crippen LogP contribution in [0.5, 0.6) is 17.2 Å². The highest BCUT2D eigenvalue weighted by atomic mass is 32.2. The second-order valence-corrected chi connectivity index (χ2v) is 8.69. The van der Waals surface area contributed by atoms with E-state index in [1.54, 1.807) is 62.6 Å². The number of nitrogens with one attached hydrogen (secondary N) is 1. The fourth-order valence-corrected chi connectivity index (χ4v) is 4.02. The van der Waals surface area contributed by atoms with Crippen LogP contribution in [0.25, 0.3) is 0 Å². The van der Waals surface area contributed by atoms with Gasteiger partial charge in [-0.2, -0.15) is 0 Å². The number of hydrogen-bond acceptors (Lipinski definition) is 6. The molecule has 0 aromatic heterocycles. The predicted octanol–water partition coefficient (Wildman–Crippen LogP) is 2.44. The predicted molar refractivity (Wildman–Crippen MR) is 116 cm³/mol. The Kier molecular flexibility index (Phi) is 7.93. The summed E-state index contributed by atoms with van der Waals surface area (Å²) >= 11 is 0. The van der Waals surface area contributed by atoms with Gasteiger partial charge in [0, 0.05) is 6.07 Å². The molecule has 2 atom stereocenters. The second kappa shape index (κ2) is 10.2. The number of sulfonamides is 1. The maximum Gasteiger partial charge on any atom is 0.243 e. The molecule has 1 N–H and O–H groups in total. The lowest BCUT2D eigenvalue weighted by Crippen LogP contribution is -2.50. The van der Waals surface area contributed by atoms with Crippen molar-refractivity contribution in [3.63, 3.8) is 0 Å². The van der Waals surface area contributed by atoms with Gasteiger partial charge in [0.2, 0.25) is 15.9 Å². The first kappa shape index (κ1) is 23.3. The molecule has 0 saturated heterocycles. The molecule has 0 unspecified atom stereocenters. The zero-order chi connectivity index (χ0) is 22.3. The standard InChI is InChI=1S/C21H28N2O6S/c1-15(14-29-19-11-9-18(27-3)10-12-19)22-21(24)16(2)23(30(5,25)26)17-7-6-8-20(13-17)28-4/h6-13,15-16H,14H2,1-5H3,(H,22,24)/t15-,16-/m0/s1. The lowest BCUT2D eigenvalue weighted by Gasteiger charge is -2.29. The first-order valence-corrected chi connectivity index (χ1v) is 11.2. The minimum atomic E-state index is -3.71. The Morgan fingerprint density at radius 1 is 1.00 bits per heavy atom. The van der Waals surface area contributed by atoms with Crippen LogP contribution in [0.15, 0.2) is 48.5 Å². The third-order valence-corrected chi connectivity index (χ3v) is 5.59. The molecule has 0 aliphatic rings. The molecule has 0 aliphatic heterocycles. The van der Waals surface area contributed by atoms with Crippen LogP contribution in [-0.2, 0) is 14.8 Å². The summed E-state index contributed by atoms with van der Waals surface area (Å²) in [7, 11) is -0.637. The van der Waals surface area contributed by atoms with Crippen molar-refractivity contribution in [3.05, 3.63) is 48.5 Å². The first-order valence-electron chi connectivity index (χ1n) is 9.36. The van der Waals surface area contributed by atoms with E-state index in [9.17, 15) is 13.2 Å². The number of hydrogen-bond donors (Lipinski definition) is 1. The van der Waals surface area contributed by atoms with Crippen molar-refractivity contribution in [2.45, 2.75) is 25.9 Å². The van der Waals surface area contributed by atoms with Gasteiger partial charge in [-0.25, -0.2) is 8.42 Å². The van der Waals surface area contributed by atoms with Crippen molar-refractivity contribution >= 4 is 21.6 Å². The average Bonchev–Trinajstić information content (AvgIpc) is 2.71. The third-order valence-electron chi connectivity index (χ3n) is 4.34. The molecule has 0 aliphatic carbocycles. The number of amides is 1. The molecular formula is C21H28N2O6S. The molecule has 30 heavy (non-hydrogen) atoms. The van der Waals surface area contributed by atoms with Crippen LogP contribution in [-0.4, -0.2) is 53.5 Å². The summed E-state index contributed by atoms with van der Waals surface area (Å²) in [5, 5.41) is 2.80. The zero-order valence-corrected chi connectivity index (χ0v) is 18.6. The van der Waals surface area contributed by atoms with E-state index >= 15 is 0 Å². The van der Waals surface area contributed by atoms with Gasteiger partial charge < -0.3 is 19.5 Å². The van der Waals surface area contributed by atoms with Crippen molar-refractivity contribution in [2.75, 3.05) is 31.4 Å². The molecule has 0 spiro atoms. The summed E-state index contributed by atoms with van der Waals surface area (Å²) < 4.78 is 41.8. The van der Waals surface area contributed by atoms with E-state index in [1.165, 1.54) is 14.0 Å². The average molecular weight is 437 g/mol. The zero-order valence-electron chi connectivity index (χ0n) is 17.8. The molecule has 1 amide bonds. The largest absolute Gasteiger partial charge is 0.497 e. The molecule has 2 rings (SSSR count). The Morgan fingerprint density at radius 2 is 1.60 bits per heavy atom. The Bertz CT molecular complexity index is 946. The normalized spacial score (nSPS) is 13.1. The van der Waals surface area contributed by atoms with Crippen molar-refractivity contribution in [2.24, 2.45) is 0 Å². The van der Waals surface area contributed by atoms with E-state index in [0.29, 0.717) is 17.2 Å². The van der Waals surface area contributed by atoms with Crippen LogP contribution in [0.4, 0.5) is 5.69 Å². The van der Waals surface area contributed by atoms with Gasteiger partial charge in [-0.05, 0) is 50.2 Å². The molecular weight excluding hydrogens is 408 g/mol. The highest BCUT2D eigenvalue weighted by Gasteiger charge is 2.30. The number of carbonyl (C=O) groups is 1. The van der Waals surface area contributed by atoms with Crippen LogP contribution in [0.2, 0.25) is 0 Å². The molecule has 9 heteroatoms. The van der Waals surface area contributed by atoms with Gasteiger partial charge in [0.25, 0.3) is 0 Å². The number of carbonyl (C=O) groups excluding carboxylic acids is 1. The number of benzene rings is 2. The van der Waals surface area contributed by atoms with Gasteiger partial charge >= 0.3 is 0 Å². The van der Waals surface area contributed by atoms with Gasteiger partial charge in [0.15, 0.2) is 0 Å². The van der Waals surface area contributed by atoms with Crippen molar-refractivity contribution in [3.8, 4) is 17.2 Å². The topological polar surface area (TPSA) is 94.2 Å². The van der Waals surface area contributed by atoms with Crippen molar-refractivity contribution in [1.82, 2.24) is 5.32 Å². The highest BCUT2D eigenvalue weighted by Crippen LogP contribution is 2.25. The quantitative estimate of drug-likeness (QED) is 0.615. The maximum atomic E-state index is 12.7. The fraction of sp³-hybridized carbons (Fsp3) is 0.381. The molecule has 0 radical (unpaired) electrons. The van der Waals surface area contributed by atoms with Gasteiger partial charge in [-0.15, -0.1) is 0 Å². The molecule has 0 heterocycles. The maximum absolute atomic E-state index is 12.7. The van der Waals surface area contributed by atoms with Crippen LogP contribution < -0.4 is 23.8 Å². The number of rotatable bonds is 10. The number of nitrogens with zero attached hydrogens (tertiary/aromatic N) is 1. The molecule has 0 fully saturated rings. The van der Waals surface area contributed by atoms with E-state index in [1.807, 2.05) is 0 Å². The summed E-state index contributed by atoms with van der Waals surface area (Å²) in [4.78, 5) is 12.7. The third kappa shape index (κ3) is 6.28. The number of anilines is 1. The summed E-state index contributed by atoms with van der Waals surface area (Å²) in [5.41, 5.74) is 0.349. The van der Waals surface area contributed by atoms with E-state index < -0.39 is 22.0 Å². The van der Waals surface area contributed by atoms with Gasteiger partial charge in [-0.1, -0.05) is 6.07 Å². The van der Waals surface area contributed by atoms with Gasteiger partial charge in [-0.3, -0.25) is 9.10 Å². The number of methoxy groups -OCH3 is 2. The summed E-state index contributed by atoms with van der Waals surface area (Å²) in [6, 6.07) is 12.3. The molecule has 8 nitrogen and oxygen atoms in total. The lowest BCUT2D eigenvalue weighted by molar-refractivity contribution is -0.122. The van der Waals surface area contributed by atoms with E-state index in [2.05, 4.69) is 5.32 Å². The second-order valence-electron chi connectivity index (χ2n) is 6.83. The smallest absolute Gasteiger partial charge is 0.243 e. The Balaban J connectivity index is 2.05. The Morgan fingerprint density at radius 3 is 2.17 bits per heavy atom. The van der Waals surface area contributed by atoms with Crippen LogP contribution in [0, 0.1) is 0 Å². The first-order chi connectivity index (χ1) is 14.2. The SMILES string of the molecule is COc1ccc(OC[C@H](C)NC(=O)[C@H](C)N(c2cccc(OC)c2)S(C)(=O)=O)cc1. The monoisotopic (exact) mass is 436 g/mol.